The maximum atomic E-state index is 12.3. The number of benzene rings is 2. The van der Waals surface area contributed by atoms with E-state index >= 15 is 0 Å². The average Bonchev–Trinajstić information content (AvgIpc) is 2.54. The van der Waals surface area contributed by atoms with Gasteiger partial charge in [-0.3, -0.25) is 0 Å². The van der Waals surface area contributed by atoms with E-state index in [9.17, 15) is 8.42 Å². The lowest BCUT2D eigenvalue weighted by atomic mass is 10.3. The van der Waals surface area contributed by atoms with Crippen molar-refractivity contribution in [2.24, 2.45) is 0 Å². The molecule has 0 bridgehead atoms. The monoisotopic (exact) mass is 355 g/mol. The standard InChI is InChI=1S/C16H18ClNO4S/c1-12(22-13-6-4-3-5-7-13)11-18-23(19,20)14-8-9-16(21-2)15(17)10-14/h3-10,12,18H,11H2,1-2H3. The van der Waals surface area contributed by atoms with E-state index in [2.05, 4.69) is 4.72 Å². The second-order valence-corrected chi connectivity index (χ2v) is 7.06. The Labute approximate surface area is 141 Å². The van der Waals surface area contributed by atoms with Crippen LogP contribution in [0, 0.1) is 0 Å². The molecule has 0 aliphatic rings. The first-order valence-corrected chi connectivity index (χ1v) is 8.83. The van der Waals surface area contributed by atoms with Gasteiger partial charge in [0.05, 0.1) is 17.0 Å². The van der Waals surface area contributed by atoms with Gasteiger partial charge in [0, 0.05) is 6.54 Å². The third-order valence-electron chi connectivity index (χ3n) is 3.07. The molecule has 0 aliphatic heterocycles. The van der Waals surface area contributed by atoms with Gasteiger partial charge in [-0.1, -0.05) is 29.8 Å². The summed E-state index contributed by atoms with van der Waals surface area (Å²) in [5.74, 6) is 1.11. The first kappa shape index (κ1) is 17.6. The zero-order valence-corrected chi connectivity index (χ0v) is 14.4. The number of rotatable bonds is 7. The van der Waals surface area contributed by atoms with Crippen LogP contribution in [0.3, 0.4) is 0 Å². The Bertz CT molecular complexity index is 750. The zero-order valence-electron chi connectivity index (χ0n) is 12.8. The quantitative estimate of drug-likeness (QED) is 0.828. The fraction of sp³-hybridized carbons (Fsp3) is 0.250. The molecule has 0 radical (unpaired) electrons. The highest BCUT2D eigenvalue weighted by Gasteiger charge is 2.17. The van der Waals surface area contributed by atoms with Crippen molar-refractivity contribution in [1.82, 2.24) is 4.72 Å². The summed E-state index contributed by atoms with van der Waals surface area (Å²) in [5.41, 5.74) is 0. The molecule has 0 saturated carbocycles. The molecule has 7 heteroatoms. The fourth-order valence-electron chi connectivity index (χ4n) is 1.90. The van der Waals surface area contributed by atoms with E-state index < -0.39 is 10.0 Å². The second kappa shape index (κ2) is 7.68. The van der Waals surface area contributed by atoms with Crippen molar-refractivity contribution >= 4 is 21.6 Å². The van der Waals surface area contributed by atoms with Crippen LogP contribution in [-0.4, -0.2) is 28.2 Å². The Morgan fingerprint density at radius 2 is 1.87 bits per heavy atom. The van der Waals surface area contributed by atoms with Gasteiger partial charge in [0.15, 0.2) is 0 Å². The third-order valence-corrected chi connectivity index (χ3v) is 4.79. The molecule has 0 fully saturated rings. The molecule has 1 atom stereocenters. The smallest absolute Gasteiger partial charge is 0.240 e. The molecule has 5 nitrogen and oxygen atoms in total. The molecule has 0 amide bonds. The van der Waals surface area contributed by atoms with Crippen LogP contribution in [0.5, 0.6) is 11.5 Å². The number of sulfonamides is 1. The van der Waals surface area contributed by atoms with Gasteiger partial charge in [-0.2, -0.15) is 0 Å². The van der Waals surface area contributed by atoms with E-state index in [1.807, 2.05) is 30.3 Å². The highest BCUT2D eigenvalue weighted by molar-refractivity contribution is 7.89. The number of para-hydroxylation sites is 1. The molecule has 0 aromatic heterocycles. The van der Waals surface area contributed by atoms with Crippen LogP contribution in [0.25, 0.3) is 0 Å². The highest BCUT2D eigenvalue weighted by atomic mass is 35.5. The molecule has 23 heavy (non-hydrogen) atoms. The minimum absolute atomic E-state index is 0.0789. The van der Waals surface area contributed by atoms with Gasteiger partial charge in [-0.05, 0) is 37.3 Å². The highest BCUT2D eigenvalue weighted by Crippen LogP contribution is 2.26. The topological polar surface area (TPSA) is 64.6 Å². The number of hydrogen-bond acceptors (Lipinski definition) is 4. The van der Waals surface area contributed by atoms with Crippen LogP contribution in [0.2, 0.25) is 5.02 Å². The van der Waals surface area contributed by atoms with Gasteiger partial charge in [0.25, 0.3) is 0 Å². The molecule has 2 rings (SSSR count). The van der Waals surface area contributed by atoms with E-state index in [0.29, 0.717) is 11.5 Å². The first-order valence-electron chi connectivity index (χ1n) is 6.97. The molecular formula is C16H18ClNO4S. The van der Waals surface area contributed by atoms with Gasteiger partial charge in [0.1, 0.15) is 17.6 Å². The molecular weight excluding hydrogens is 338 g/mol. The Kier molecular flexibility index (Phi) is 5.87. The number of hydrogen-bond donors (Lipinski definition) is 1. The van der Waals surface area contributed by atoms with E-state index in [4.69, 9.17) is 21.1 Å². The molecule has 124 valence electrons. The van der Waals surface area contributed by atoms with Crippen LogP contribution in [-0.2, 0) is 10.0 Å². The van der Waals surface area contributed by atoms with Crippen molar-refractivity contribution in [1.29, 1.82) is 0 Å². The van der Waals surface area contributed by atoms with Crippen LogP contribution in [0.4, 0.5) is 0 Å². The summed E-state index contributed by atoms with van der Waals surface area (Å²) in [6, 6.07) is 13.5. The zero-order chi connectivity index (χ0) is 16.9. The van der Waals surface area contributed by atoms with Gasteiger partial charge in [-0.15, -0.1) is 0 Å². The molecule has 1 N–H and O–H groups in total. The van der Waals surface area contributed by atoms with Crippen LogP contribution in [0.1, 0.15) is 6.92 Å². The third kappa shape index (κ3) is 4.86. The Morgan fingerprint density at radius 3 is 2.48 bits per heavy atom. The average molecular weight is 356 g/mol. The van der Waals surface area contributed by atoms with Crippen LogP contribution in [0.15, 0.2) is 53.4 Å². The predicted molar refractivity (Wildman–Crippen MR) is 89.7 cm³/mol. The van der Waals surface area contributed by atoms with E-state index in [-0.39, 0.29) is 22.6 Å². The number of nitrogens with one attached hydrogen (secondary N) is 1. The van der Waals surface area contributed by atoms with Gasteiger partial charge < -0.3 is 9.47 Å². The van der Waals surface area contributed by atoms with Gasteiger partial charge in [-0.25, -0.2) is 13.1 Å². The first-order chi connectivity index (χ1) is 10.9. The lowest BCUT2D eigenvalue weighted by molar-refractivity contribution is 0.225. The fourth-order valence-corrected chi connectivity index (χ4v) is 3.36. The van der Waals surface area contributed by atoms with Crippen molar-refractivity contribution in [3.8, 4) is 11.5 Å². The number of methoxy groups -OCH3 is 1. The Hall–Kier alpha value is -1.76. The summed E-state index contributed by atoms with van der Waals surface area (Å²) >= 11 is 5.96. The summed E-state index contributed by atoms with van der Waals surface area (Å²) in [7, 11) is -2.20. The molecule has 2 aromatic rings. The normalized spacial score (nSPS) is 12.7. The summed E-state index contributed by atoms with van der Waals surface area (Å²) < 4.78 is 37.7. The second-order valence-electron chi connectivity index (χ2n) is 4.89. The minimum Gasteiger partial charge on any atom is -0.495 e. The van der Waals surface area contributed by atoms with Crippen LogP contribution >= 0.6 is 11.6 Å². The summed E-state index contributed by atoms with van der Waals surface area (Å²) in [5, 5.41) is 0.240. The van der Waals surface area contributed by atoms with Crippen molar-refractivity contribution in [3.63, 3.8) is 0 Å². The maximum absolute atomic E-state index is 12.3. The van der Waals surface area contributed by atoms with E-state index in [0.717, 1.165) is 0 Å². The van der Waals surface area contributed by atoms with Crippen molar-refractivity contribution in [2.45, 2.75) is 17.9 Å². The maximum Gasteiger partial charge on any atom is 0.240 e. The molecule has 0 heterocycles. The lowest BCUT2D eigenvalue weighted by Gasteiger charge is -2.16. The van der Waals surface area contributed by atoms with Crippen LogP contribution < -0.4 is 14.2 Å². The van der Waals surface area contributed by atoms with Crippen molar-refractivity contribution in [3.05, 3.63) is 53.6 Å². The number of ether oxygens (including phenoxy) is 2. The van der Waals surface area contributed by atoms with E-state index in [1.54, 1.807) is 6.92 Å². The van der Waals surface area contributed by atoms with Gasteiger partial charge >= 0.3 is 0 Å². The number of halogens is 1. The Morgan fingerprint density at radius 1 is 1.17 bits per heavy atom. The molecule has 0 aliphatic carbocycles. The molecule has 0 spiro atoms. The molecule has 1 unspecified atom stereocenters. The van der Waals surface area contributed by atoms with Crippen molar-refractivity contribution < 1.29 is 17.9 Å². The van der Waals surface area contributed by atoms with Crippen molar-refractivity contribution in [2.75, 3.05) is 13.7 Å². The predicted octanol–water partition coefficient (Wildman–Crippen LogP) is 3.09. The minimum atomic E-state index is -3.67. The SMILES string of the molecule is COc1ccc(S(=O)(=O)NCC(C)Oc2ccccc2)cc1Cl. The van der Waals surface area contributed by atoms with E-state index in [1.165, 1.54) is 25.3 Å². The summed E-state index contributed by atoms with van der Waals surface area (Å²) in [6.45, 7) is 1.93. The van der Waals surface area contributed by atoms with Gasteiger partial charge in [0.2, 0.25) is 10.0 Å². The Balaban J connectivity index is 1.99. The lowest BCUT2D eigenvalue weighted by Crippen LogP contribution is -2.33. The molecule has 0 saturated heterocycles. The molecule has 2 aromatic carbocycles. The summed E-state index contributed by atoms with van der Waals surface area (Å²) in [4.78, 5) is 0.0789. The largest absolute Gasteiger partial charge is 0.495 e. The summed E-state index contributed by atoms with van der Waals surface area (Å²) in [6.07, 6.45) is -0.319.